The highest BCUT2D eigenvalue weighted by atomic mass is 35.5. The molecule has 0 unspecified atom stereocenters. The van der Waals surface area contributed by atoms with E-state index in [0.29, 0.717) is 0 Å². The van der Waals surface area contributed by atoms with Crippen molar-refractivity contribution >= 4 is 77.4 Å². The molecule has 0 radical (unpaired) electrons. The van der Waals surface area contributed by atoms with Crippen LogP contribution < -0.4 is 4.90 Å². The van der Waals surface area contributed by atoms with Gasteiger partial charge in [0.1, 0.15) is 0 Å². The van der Waals surface area contributed by atoms with Gasteiger partial charge in [-0.1, -0.05) is 29.0 Å². The Balaban J connectivity index is 1.15. The van der Waals surface area contributed by atoms with Crippen molar-refractivity contribution in [1.82, 2.24) is 4.98 Å². The number of benzene rings is 2. The summed E-state index contributed by atoms with van der Waals surface area (Å²) in [6.07, 6.45) is 3.73. The summed E-state index contributed by atoms with van der Waals surface area (Å²) in [5, 5.41) is 14.1. The molecular formula is C25H25ClN2O2S3. The maximum absolute atomic E-state index is 11.1. The van der Waals surface area contributed by atoms with Crippen LogP contribution in [0.25, 0.3) is 20.3 Å². The van der Waals surface area contributed by atoms with Crippen LogP contribution in [0.1, 0.15) is 30.4 Å². The molecule has 4 aromatic rings. The van der Waals surface area contributed by atoms with Crippen LogP contribution in [0.4, 0.5) is 5.13 Å². The lowest BCUT2D eigenvalue weighted by atomic mass is 9.95. The van der Waals surface area contributed by atoms with Gasteiger partial charge in [-0.25, -0.2) is 4.98 Å². The van der Waals surface area contributed by atoms with E-state index in [1.54, 1.807) is 22.7 Å². The van der Waals surface area contributed by atoms with Gasteiger partial charge in [-0.05, 0) is 84.0 Å². The lowest BCUT2D eigenvalue weighted by Crippen LogP contribution is -2.33. The number of rotatable bonds is 7. The molecule has 172 valence electrons. The molecule has 3 heterocycles. The minimum atomic E-state index is -0.774. The Hall–Kier alpha value is -1.80. The molecule has 4 nitrogen and oxygen atoms in total. The second-order valence-electron chi connectivity index (χ2n) is 8.57. The van der Waals surface area contributed by atoms with Crippen molar-refractivity contribution in [1.29, 1.82) is 0 Å². The van der Waals surface area contributed by atoms with E-state index in [0.717, 1.165) is 56.1 Å². The van der Waals surface area contributed by atoms with Gasteiger partial charge in [0.15, 0.2) is 5.13 Å². The Morgan fingerprint density at radius 2 is 2.09 bits per heavy atom. The number of piperidine rings is 1. The summed E-state index contributed by atoms with van der Waals surface area (Å²) in [7, 11) is 0. The third kappa shape index (κ3) is 5.02. The zero-order valence-corrected chi connectivity index (χ0v) is 21.5. The second-order valence-corrected chi connectivity index (χ2v) is 12.0. The van der Waals surface area contributed by atoms with E-state index in [9.17, 15) is 4.79 Å². The summed E-state index contributed by atoms with van der Waals surface area (Å²) in [4.78, 5) is 19.6. The van der Waals surface area contributed by atoms with Crippen LogP contribution in [0.3, 0.4) is 0 Å². The number of halogens is 1. The Morgan fingerprint density at radius 3 is 2.88 bits per heavy atom. The number of thiophene rings is 1. The number of thiazole rings is 1. The molecule has 8 heteroatoms. The largest absolute Gasteiger partial charge is 0.481 e. The molecule has 0 amide bonds. The number of anilines is 1. The van der Waals surface area contributed by atoms with Crippen molar-refractivity contribution in [2.24, 2.45) is 5.92 Å². The van der Waals surface area contributed by atoms with Crippen molar-refractivity contribution in [2.75, 3.05) is 23.7 Å². The molecule has 33 heavy (non-hydrogen) atoms. The minimum Gasteiger partial charge on any atom is -0.481 e. The van der Waals surface area contributed by atoms with Crippen LogP contribution in [0.15, 0.2) is 40.6 Å². The van der Waals surface area contributed by atoms with Gasteiger partial charge < -0.3 is 10.0 Å². The Labute approximate surface area is 210 Å². The number of thioether (sulfide) groups is 1. The van der Waals surface area contributed by atoms with Crippen LogP contribution in [0.5, 0.6) is 0 Å². The number of hydrogen-bond donors (Lipinski definition) is 1. The van der Waals surface area contributed by atoms with E-state index in [4.69, 9.17) is 21.7 Å². The standard InChI is InChI=1S/C25H25ClN2O2S3/c1-15-21(5-3-19-17(12-23(29)30)14-32-24(15)19)31-11-8-16-6-9-28(10-7-16)25-27-20-4-2-18(26)13-22(20)33-25/h2-5,13-14,16H,6-12H2,1H3,(H,29,30). The molecule has 1 saturated heterocycles. The van der Waals surface area contributed by atoms with E-state index in [1.165, 1.54) is 34.4 Å². The van der Waals surface area contributed by atoms with Gasteiger partial charge in [-0.15, -0.1) is 23.1 Å². The molecule has 1 aliphatic heterocycles. The maximum atomic E-state index is 11.1. The molecule has 0 saturated carbocycles. The van der Waals surface area contributed by atoms with E-state index in [2.05, 4.69) is 24.0 Å². The van der Waals surface area contributed by atoms with Gasteiger partial charge in [0.05, 0.1) is 16.6 Å². The first kappa shape index (κ1) is 23.0. The summed E-state index contributed by atoms with van der Waals surface area (Å²) in [6, 6.07) is 10.2. The van der Waals surface area contributed by atoms with Crippen molar-refractivity contribution < 1.29 is 9.90 Å². The van der Waals surface area contributed by atoms with Gasteiger partial charge in [-0.3, -0.25) is 4.79 Å². The lowest BCUT2D eigenvalue weighted by Gasteiger charge is -2.31. The first-order chi connectivity index (χ1) is 16.0. The number of aliphatic carboxylic acids is 1. The third-order valence-electron chi connectivity index (χ3n) is 6.37. The van der Waals surface area contributed by atoms with Crippen LogP contribution in [-0.2, 0) is 11.2 Å². The molecule has 2 aromatic heterocycles. The molecule has 2 aromatic carbocycles. The Morgan fingerprint density at radius 1 is 1.27 bits per heavy atom. The van der Waals surface area contributed by atoms with Crippen molar-refractivity contribution in [2.45, 2.75) is 37.5 Å². The molecule has 0 atom stereocenters. The van der Waals surface area contributed by atoms with Crippen LogP contribution in [0.2, 0.25) is 5.02 Å². The summed E-state index contributed by atoms with van der Waals surface area (Å²) in [6.45, 7) is 4.29. The number of fused-ring (bicyclic) bond motifs is 2. The first-order valence-corrected chi connectivity index (χ1v) is 14.2. The lowest BCUT2D eigenvalue weighted by molar-refractivity contribution is -0.136. The minimum absolute atomic E-state index is 0.0927. The van der Waals surface area contributed by atoms with Crippen molar-refractivity contribution in [3.8, 4) is 0 Å². The Kier molecular flexibility index (Phi) is 6.84. The highest BCUT2D eigenvalue weighted by Gasteiger charge is 2.22. The van der Waals surface area contributed by atoms with Crippen LogP contribution >= 0.6 is 46.0 Å². The molecular weight excluding hydrogens is 492 g/mol. The van der Waals surface area contributed by atoms with Crippen LogP contribution in [-0.4, -0.2) is 34.9 Å². The predicted octanol–water partition coefficient (Wildman–Crippen LogP) is 7.50. The summed E-state index contributed by atoms with van der Waals surface area (Å²) >= 11 is 11.5. The number of aryl methyl sites for hydroxylation is 1. The first-order valence-electron chi connectivity index (χ1n) is 11.1. The van der Waals surface area contributed by atoms with E-state index >= 15 is 0 Å². The molecule has 0 bridgehead atoms. The van der Waals surface area contributed by atoms with Crippen LogP contribution in [0, 0.1) is 12.8 Å². The fourth-order valence-corrected chi connectivity index (χ4v) is 8.09. The summed E-state index contributed by atoms with van der Waals surface area (Å²) in [5.74, 6) is 1.10. The maximum Gasteiger partial charge on any atom is 0.307 e. The number of hydrogen-bond acceptors (Lipinski definition) is 6. The Bertz CT molecular complexity index is 1310. The predicted molar refractivity (Wildman–Crippen MR) is 143 cm³/mol. The van der Waals surface area contributed by atoms with Gasteiger partial charge in [-0.2, -0.15) is 0 Å². The highest BCUT2D eigenvalue weighted by Crippen LogP contribution is 2.37. The van der Waals surface area contributed by atoms with Crippen molar-refractivity contribution in [3.05, 3.63) is 51.9 Å². The van der Waals surface area contributed by atoms with Gasteiger partial charge in [0, 0.05) is 27.7 Å². The quantitative estimate of drug-likeness (QED) is 0.258. The van der Waals surface area contributed by atoms with Gasteiger partial charge in [0.2, 0.25) is 0 Å². The number of carboxylic acid groups (broad SMARTS) is 1. The van der Waals surface area contributed by atoms with Gasteiger partial charge in [0.25, 0.3) is 0 Å². The number of nitrogens with zero attached hydrogens (tertiary/aromatic N) is 2. The topological polar surface area (TPSA) is 53.4 Å². The van der Waals surface area contributed by atoms with Gasteiger partial charge >= 0.3 is 5.97 Å². The average Bonchev–Trinajstić information content (AvgIpc) is 3.40. The van der Waals surface area contributed by atoms with E-state index < -0.39 is 5.97 Å². The zero-order valence-electron chi connectivity index (χ0n) is 18.3. The smallest absolute Gasteiger partial charge is 0.307 e. The summed E-state index contributed by atoms with van der Waals surface area (Å²) < 4.78 is 2.38. The fourth-order valence-electron chi connectivity index (χ4n) is 4.50. The van der Waals surface area contributed by atoms with E-state index in [-0.39, 0.29) is 6.42 Å². The molecule has 5 rings (SSSR count). The highest BCUT2D eigenvalue weighted by molar-refractivity contribution is 7.99. The molecule has 0 spiro atoms. The second kappa shape index (κ2) is 9.82. The fraction of sp³-hybridized carbons (Fsp3) is 0.360. The SMILES string of the molecule is Cc1c(SCCC2CCN(c3nc4ccc(Cl)cc4s3)CC2)ccc2c(CC(=O)O)csc12. The van der Waals surface area contributed by atoms with E-state index in [1.807, 2.05) is 35.3 Å². The van der Waals surface area contributed by atoms with Crippen molar-refractivity contribution in [3.63, 3.8) is 0 Å². The molecule has 0 aliphatic carbocycles. The average molecular weight is 517 g/mol. The summed E-state index contributed by atoms with van der Waals surface area (Å²) in [5.41, 5.74) is 3.24. The third-order valence-corrected chi connectivity index (χ3v) is 10.0. The number of aromatic nitrogens is 1. The number of carboxylic acids is 1. The monoisotopic (exact) mass is 516 g/mol. The number of carbonyl (C=O) groups is 1. The molecule has 1 aliphatic rings. The zero-order chi connectivity index (χ0) is 22.9. The normalized spacial score (nSPS) is 15.0. The molecule has 1 N–H and O–H groups in total. The molecule has 1 fully saturated rings.